The van der Waals surface area contributed by atoms with Gasteiger partial charge < -0.3 is 5.11 Å². The van der Waals surface area contributed by atoms with Crippen LogP contribution >= 0.6 is 23.2 Å². The number of hydrogen-bond donors (Lipinski definition) is 1. The van der Waals surface area contributed by atoms with Gasteiger partial charge in [0.2, 0.25) is 0 Å². The summed E-state index contributed by atoms with van der Waals surface area (Å²) in [6.07, 6.45) is 4.78. The van der Waals surface area contributed by atoms with E-state index in [4.69, 9.17) is 23.2 Å². The molecule has 0 unspecified atom stereocenters. The van der Waals surface area contributed by atoms with E-state index < -0.39 is 5.97 Å². The van der Waals surface area contributed by atoms with Crippen molar-refractivity contribution in [2.75, 3.05) is 0 Å². The lowest BCUT2D eigenvalue weighted by atomic mass is 10.0. The molecule has 2 aromatic rings. The van der Waals surface area contributed by atoms with Crippen molar-refractivity contribution in [3.8, 4) is 0 Å². The van der Waals surface area contributed by atoms with Crippen LogP contribution in [-0.4, -0.2) is 16.1 Å². The molecule has 0 atom stereocenters. The molecule has 1 aliphatic carbocycles. The van der Waals surface area contributed by atoms with E-state index in [2.05, 4.69) is 4.98 Å². The molecular weight excluding hydrogens is 309 g/mol. The van der Waals surface area contributed by atoms with E-state index in [1.807, 2.05) is 18.2 Å². The second kappa shape index (κ2) is 5.51. The van der Waals surface area contributed by atoms with Gasteiger partial charge in [-0.05, 0) is 48.2 Å². The number of pyridine rings is 1. The number of allylic oxidation sites excluding steroid dienone is 1. The highest BCUT2D eigenvalue weighted by atomic mass is 35.5. The number of nitrogens with zero attached hydrogens (tertiary/aromatic N) is 1. The molecule has 3 nitrogen and oxygen atoms in total. The summed E-state index contributed by atoms with van der Waals surface area (Å²) in [6.45, 7) is 0. The summed E-state index contributed by atoms with van der Waals surface area (Å²) in [4.78, 5) is 15.5. The molecule has 0 saturated carbocycles. The van der Waals surface area contributed by atoms with Crippen LogP contribution in [0.3, 0.4) is 0 Å². The number of aromatic nitrogens is 1. The Bertz CT molecular complexity index is 769. The standard InChI is InChI=1S/C16H11Cl2NO2/c17-13-2-1-9(7-14(13)18)5-10-6-12-11(16(20)21)3-4-19-15(12)8-10/h1-4,7-8H,5-6H2,(H,20,21). The third-order valence-corrected chi connectivity index (χ3v) is 4.22. The number of rotatable bonds is 3. The van der Waals surface area contributed by atoms with Crippen molar-refractivity contribution < 1.29 is 9.90 Å². The van der Waals surface area contributed by atoms with Gasteiger partial charge in [0.1, 0.15) is 0 Å². The lowest BCUT2D eigenvalue weighted by Gasteiger charge is -2.05. The Kier molecular flexibility index (Phi) is 3.70. The maximum Gasteiger partial charge on any atom is 0.336 e. The number of fused-ring (bicyclic) bond motifs is 1. The minimum Gasteiger partial charge on any atom is -0.478 e. The van der Waals surface area contributed by atoms with Crippen molar-refractivity contribution in [2.24, 2.45) is 0 Å². The molecule has 0 spiro atoms. The van der Waals surface area contributed by atoms with Crippen LogP contribution in [0.25, 0.3) is 6.08 Å². The molecule has 106 valence electrons. The lowest BCUT2D eigenvalue weighted by Crippen LogP contribution is -2.03. The fourth-order valence-electron chi connectivity index (χ4n) is 2.52. The number of hydrogen-bond acceptors (Lipinski definition) is 2. The maximum atomic E-state index is 11.2. The van der Waals surface area contributed by atoms with E-state index >= 15 is 0 Å². The van der Waals surface area contributed by atoms with E-state index in [0.717, 1.165) is 22.4 Å². The van der Waals surface area contributed by atoms with Crippen molar-refractivity contribution >= 4 is 35.2 Å². The van der Waals surface area contributed by atoms with Gasteiger partial charge in [0.25, 0.3) is 0 Å². The number of benzene rings is 1. The van der Waals surface area contributed by atoms with Gasteiger partial charge in [-0.15, -0.1) is 0 Å². The highest BCUT2D eigenvalue weighted by Crippen LogP contribution is 2.30. The molecule has 0 amide bonds. The third kappa shape index (κ3) is 2.80. The van der Waals surface area contributed by atoms with Gasteiger partial charge in [-0.2, -0.15) is 0 Å². The normalized spacial score (nSPS) is 13.0. The van der Waals surface area contributed by atoms with Gasteiger partial charge in [0, 0.05) is 6.20 Å². The summed E-state index contributed by atoms with van der Waals surface area (Å²) < 4.78 is 0. The SMILES string of the molecule is O=C(O)c1ccnc2c1CC(Cc1ccc(Cl)c(Cl)c1)=C2. The van der Waals surface area contributed by atoms with Crippen LogP contribution in [0.1, 0.15) is 27.2 Å². The molecule has 1 aromatic carbocycles. The van der Waals surface area contributed by atoms with Gasteiger partial charge in [-0.25, -0.2) is 4.79 Å². The van der Waals surface area contributed by atoms with Crippen LogP contribution in [0.2, 0.25) is 10.0 Å². The predicted molar refractivity (Wildman–Crippen MR) is 83.0 cm³/mol. The average Bonchev–Trinajstić information content (AvgIpc) is 2.84. The molecule has 0 aliphatic heterocycles. The van der Waals surface area contributed by atoms with E-state index in [1.54, 1.807) is 6.07 Å². The summed E-state index contributed by atoms with van der Waals surface area (Å²) in [5.74, 6) is -0.919. The summed E-state index contributed by atoms with van der Waals surface area (Å²) in [7, 11) is 0. The first-order valence-electron chi connectivity index (χ1n) is 6.39. The van der Waals surface area contributed by atoms with Gasteiger partial charge >= 0.3 is 5.97 Å². The number of carbonyl (C=O) groups is 1. The molecule has 1 aliphatic rings. The number of carboxylic acids is 1. The van der Waals surface area contributed by atoms with Gasteiger partial charge in [-0.1, -0.05) is 34.8 Å². The zero-order valence-corrected chi connectivity index (χ0v) is 12.4. The van der Waals surface area contributed by atoms with Crippen LogP contribution in [-0.2, 0) is 12.8 Å². The Morgan fingerprint density at radius 3 is 2.76 bits per heavy atom. The van der Waals surface area contributed by atoms with Gasteiger partial charge in [0.15, 0.2) is 0 Å². The molecule has 21 heavy (non-hydrogen) atoms. The molecular formula is C16H11Cl2NO2. The van der Waals surface area contributed by atoms with Gasteiger partial charge in [0.05, 0.1) is 21.3 Å². The third-order valence-electron chi connectivity index (χ3n) is 3.48. The van der Waals surface area contributed by atoms with E-state index in [1.165, 1.54) is 12.3 Å². The fraction of sp³-hybridized carbons (Fsp3) is 0.125. The molecule has 0 saturated heterocycles. The second-order valence-corrected chi connectivity index (χ2v) is 5.75. The highest BCUT2D eigenvalue weighted by molar-refractivity contribution is 6.42. The van der Waals surface area contributed by atoms with E-state index in [0.29, 0.717) is 28.5 Å². The Hall–Kier alpha value is -1.84. The summed E-state index contributed by atoms with van der Waals surface area (Å²) >= 11 is 11.9. The molecule has 5 heteroatoms. The fourth-order valence-corrected chi connectivity index (χ4v) is 2.84. The predicted octanol–water partition coefficient (Wildman–Crippen LogP) is 4.27. The van der Waals surface area contributed by atoms with Crippen LogP contribution in [0.5, 0.6) is 0 Å². The van der Waals surface area contributed by atoms with Crippen LogP contribution in [0.4, 0.5) is 0 Å². The average molecular weight is 320 g/mol. The zero-order chi connectivity index (χ0) is 15.0. The maximum absolute atomic E-state index is 11.2. The van der Waals surface area contributed by atoms with Crippen LogP contribution in [0.15, 0.2) is 36.0 Å². The Labute approximate surface area is 131 Å². The highest BCUT2D eigenvalue weighted by Gasteiger charge is 2.20. The van der Waals surface area contributed by atoms with Gasteiger partial charge in [-0.3, -0.25) is 4.98 Å². The summed E-state index contributed by atoms with van der Waals surface area (Å²) in [5.41, 5.74) is 4.00. The van der Waals surface area contributed by atoms with Crippen molar-refractivity contribution in [3.63, 3.8) is 0 Å². The first kappa shape index (κ1) is 14.1. The minimum atomic E-state index is -0.919. The van der Waals surface area contributed by atoms with E-state index in [-0.39, 0.29) is 0 Å². The molecule has 1 N–H and O–H groups in total. The smallest absolute Gasteiger partial charge is 0.336 e. The molecule has 1 aromatic heterocycles. The Morgan fingerprint density at radius 1 is 1.24 bits per heavy atom. The first-order valence-corrected chi connectivity index (χ1v) is 7.15. The number of halogens is 2. The molecule has 3 rings (SSSR count). The number of aromatic carboxylic acids is 1. The molecule has 0 fully saturated rings. The topological polar surface area (TPSA) is 50.2 Å². The van der Waals surface area contributed by atoms with Crippen molar-refractivity contribution in [3.05, 3.63) is 68.5 Å². The molecule has 1 heterocycles. The van der Waals surface area contributed by atoms with Crippen molar-refractivity contribution in [1.82, 2.24) is 4.98 Å². The summed E-state index contributed by atoms with van der Waals surface area (Å²) in [6, 6.07) is 7.06. The number of carboxylic acid groups (broad SMARTS) is 1. The summed E-state index contributed by atoms with van der Waals surface area (Å²) in [5, 5.41) is 10.3. The minimum absolute atomic E-state index is 0.320. The van der Waals surface area contributed by atoms with Crippen LogP contribution in [0, 0.1) is 0 Å². The quantitative estimate of drug-likeness (QED) is 0.919. The van der Waals surface area contributed by atoms with Crippen LogP contribution < -0.4 is 0 Å². The Morgan fingerprint density at radius 2 is 2.05 bits per heavy atom. The van der Waals surface area contributed by atoms with Crippen molar-refractivity contribution in [1.29, 1.82) is 0 Å². The largest absolute Gasteiger partial charge is 0.478 e. The molecule has 0 radical (unpaired) electrons. The van der Waals surface area contributed by atoms with Crippen molar-refractivity contribution in [2.45, 2.75) is 12.8 Å². The van der Waals surface area contributed by atoms with E-state index in [9.17, 15) is 9.90 Å². The zero-order valence-electron chi connectivity index (χ0n) is 10.9. The first-order chi connectivity index (χ1) is 10.0. The Balaban J connectivity index is 1.85. The second-order valence-electron chi connectivity index (χ2n) is 4.93. The molecule has 0 bridgehead atoms. The monoisotopic (exact) mass is 319 g/mol. The lowest BCUT2D eigenvalue weighted by molar-refractivity contribution is 0.0695.